The molecule has 0 spiro atoms. The van der Waals surface area contributed by atoms with Crippen LogP contribution in [0.15, 0.2) is 42.5 Å². The van der Waals surface area contributed by atoms with Crippen LogP contribution >= 0.6 is 0 Å². The monoisotopic (exact) mass is 343 g/mol. The van der Waals surface area contributed by atoms with Crippen molar-refractivity contribution in [1.29, 1.82) is 0 Å². The number of aliphatic hydroxyl groups is 2. The van der Waals surface area contributed by atoms with Crippen LogP contribution in [0.2, 0.25) is 0 Å². The summed E-state index contributed by atoms with van der Waals surface area (Å²) in [7, 11) is 0. The highest BCUT2D eigenvalue weighted by Crippen LogP contribution is 2.39. The number of aryl methyl sites for hydroxylation is 1. The van der Waals surface area contributed by atoms with Gasteiger partial charge in [-0.3, -0.25) is 0 Å². The van der Waals surface area contributed by atoms with Gasteiger partial charge in [0.05, 0.1) is 18.8 Å². The Hall–Kier alpha value is -1.91. The average molecular weight is 343 g/mol. The molecular formula is C21H26FNO2. The molecule has 2 aromatic rings. The predicted octanol–water partition coefficient (Wildman–Crippen LogP) is 3.85. The summed E-state index contributed by atoms with van der Waals surface area (Å²) in [6.45, 7) is 1.94. The molecule has 2 aromatic carbocycles. The summed E-state index contributed by atoms with van der Waals surface area (Å²) in [6.07, 6.45) is 2.59. The quantitative estimate of drug-likeness (QED) is 0.747. The van der Waals surface area contributed by atoms with Crippen molar-refractivity contribution in [3.8, 4) is 0 Å². The van der Waals surface area contributed by atoms with Crippen molar-refractivity contribution in [2.75, 3.05) is 11.9 Å². The van der Waals surface area contributed by atoms with Crippen LogP contribution in [-0.4, -0.2) is 22.9 Å². The van der Waals surface area contributed by atoms with Crippen molar-refractivity contribution in [2.24, 2.45) is 5.92 Å². The Balaban J connectivity index is 1.87. The second-order valence-corrected chi connectivity index (χ2v) is 6.90. The Morgan fingerprint density at radius 3 is 2.64 bits per heavy atom. The summed E-state index contributed by atoms with van der Waals surface area (Å²) in [5.41, 5.74) is 4.79. The number of hydrogen-bond acceptors (Lipinski definition) is 3. The molecule has 0 fully saturated rings. The van der Waals surface area contributed by atoms with Gasteiger partial charge in [-0.1, -0.05) is 31.2 Å². The van der Waals surface area contributed by atoms with Crippen molar-refractivity contribution in [3.63, 3.8) is 0 Å². The summed E-state index contributed by atoms with van der Waals surface area (Å²) in [5, 5.41) is 22.4. The van der Waals surface area contributed by atoms with Crippen LogP contribution in [0.4, 0.5) is 10.1 Å². The highest BCUT2D eigenvalue weighted by atomic mass is 19.1. The zero-order valence-electron chi connectivity index (χ0n) is 14.6. The molecule has 25 heavy (non-hydrogen) atoms. The molecule has 1 aliphatic heterocycles. The summed E-state index contributed by atoms with van der Waals surface area (Å²) < 4.78 is 13.3. The van der Waals surface area contributed by atoms with Crippen molar-refractivity contribution in [2.45, 2.75) is 44.8 Å². The Morgan fingerprint density at radius 2 is 1.96 bits per heavy atom. The first-order valence-electron chi connectivity index (χ1n) is 9.03. The van der Waals surface area contributed by atoms with Gasteiger partial charge < -0.3 is 15.5 Å². The first-order valence-corrected chi connectivity index (χ1v) is 9.03. The molecule has 1 aliphatic rings. The van der Waals surface area contributed by atoms with E-state index in [2.05, 4.69) is 30.4 Å². The molecule has 0 unspecified atom stereocenters. The maximum absolute atomic E-state index is 13.3. The van der Waals surface area contributed by atoms with Crippen molar-refractivity contribution in [3.05, 3.63) is 65.0 Å². The molecule has 3 atom stereocenters. The number of halogens is 1. The first kappa shape index (κ1) is 17.9. The molecule has 3 N–H and O–H groups in total. The number of rotatable bonds is 6. The number of hydrogen-bond donors (Lipinski definition) is 3. The number of nitrogens with one attached hydrogen (secondary N) is 1. The minimum atomic E-state index is -0.683. The van der Waals surface area contributed by atoms with Gasteiger partial charge in [-0.25, -0.2) is 4.39 Å². The molecule has 4 heteroatoms. The van der Waals surface area contributed by atoms with Gasteiger partial charge >= 0.3 is 0 Å². The number of fused-ring (bicyclic) bond motifs is 1. The Bertz CT molecular complexity index is 702. The summed E-state index contributed by atoms with van der Waals surface area (Å²) in [6, 6.07) is 13.2. The Kier molecular flexibility index (Phi) is 5.71. The van der Waals surface area contributed by atoms with E-state index in [9.17, 15) is 9.50 Å². The van der Waals surface area contributed by atoms with E-state index in [1.165, 1.54) is 23.3 Å². The van der Waals surface area contributed by atoms with E-state index in [1.807, 2.05) is 12.1 Å². The highest BCUT2D eigenvalue weighted by molar-refractivity contribution is 5.57. The van der Waals surface area contributed by atoms with Crippen molar-refractivity contribution in [1.82, 2.24) is 0 Å². The number of anilines is 1. The van der Waals surface area contributed by atoms with E-state index in [1.54, 1.807) is 0 Å². The van der Waals surface area contributed by atoms with Crippen LogP contribution in [0.3, 0.4) is 0 Å². The third kappa shape index (κ3) is 4.20. The topological polar surface area (TPSA) is 52.5 Å². The average Bonchev–Trinajstić information content (AvgIpc) is 2.65. The molecule has 3 nitrogen and oxygen atoms in total. The smallest absolute Gasteiger partial charge is 0.123 e. The van der Waals surface area contributed by atoms with E-state index in [4.69, 9.17) is 5.11 Å². The molecule has 3 rings (SSSR count). The minimum absolute atomic E-state index is 0.0754. The second-order valence-electron chi connectivity index (χ2n) is 6.90. The lowest BCUT2D eigenvalue weighted by Gasteiger charge is -2.36. The minimum Gasteiger partial charge on any atom is -0.394 e. The molecule has 0 aromatic heterocycles. The normalized spacial score (nSPS) is 20.6. The van der Waals surface area contributed by atoms with E-state index >= 15 is 0 Å². The van der Waals surface area contributed by atoms with Gasteiger partial charge in [-0.2, -0.15) is 0 Å². The molecular weight excluding hydrogens is 317 g/mol. The number of benzene rings is 2. The van der Waals surface area contributed by atoms with Crippen molar-refractivity contribution < 1.29 is 14.6 Å². The standard InChI is InChI=1S/C21H26FNO2/c1-2-14-3-10-20-17(11-14)12-16(6-9-19(25)13-24)21(23-20)15-4-7-18(22)8-5-15/h3-5,7-8,10-11,16,19,21,23-25H,2,6,9,12-13H2,1H3/t16-,19-,21+/m0/s1. The van der Waals surface area contributed by atoms with Gasteiger partial charge in [0.1, 0.15) is 5.82 Å². The van der Waals surface area contributed by atoms with E-state index in [-0.39, 0.29) is 24.4 Å². The maximum Gasteiger partial charge on any atom is 0.123 e. The zero-order valence-corrected chi connectivity index (χ0v) is 14.6. The van der Waals surface area contributed by atoms with Crippen molar-refractivity contribution >= 4 is 5.69 Å². The second kappa shape index (κ2) is 7.98. The lowest BCUT2D eigenvalue weighted by atomic mass is 9.80. The van der Waals surface area contributed by atoms with Crippen LogP contribution in [0.5, 0.6) is 0 Å². The lowest BCUT2D eigenvalue weighted by molar-refractivity contribution is 0.0813. The third-order valence-corrected chi connectivity index (χ3v) is 5.15. The molecule has 1 heterocycles. The molecule has 0 bridgehead atoms. The van der Waals surface area contributed by atoms with Gasteiger partial charge in [0.15, 0.2) is 0 Å². The number of aliphatic hydroxyl groups excluding tert-OH is 2. The van der Waals surface area contributed by atoms with E-state index in [0.29, 0.717) is 6.42 Å². The molecule has 0 saturated heterocycles. The van der Waals surface area contributed by atoms with Crippen LogP contribution in [0, 0.1) is 11.7 Å². The van der Waals surface area contributed by atoms with Gasteiger partial charge in [0, 0.05) is 5.69 Å². The van der Waals surface area contributed by atoms with Gasteiger partial charge in [0.25, 0.3) is 0 Å². The molecule has 0 radical (unpaired) electrons. The molecule has 0 amide bonds. The third-order valence-electron chi connectivity index (χ3n) is 5.15. The fraction of sp³-hybridized carbons (Fsp3) is 0.429. The lowest BCUT2D eigenvalue weighted by Crippen LogP contribution is -2.29. The fourth-order valence-electron chi connectivity index (χ4n) is 3.65. The fourth-order valence-corrected chi connectivity index (χ4v) is 3.65. The van der Waals surface area contributed by atoms with E-state index in [0.717, 1.165) is 30.5 Å². The van der Waals surface area contributed by atoms with Gasteiger partial charge in [-0.05, 0) is 66.5 Å². The largest absolute Gasteiger partial charge is 0.394 e. The Morgan fingerprint density at radius 1 is 1.20 bits per heavy atom. The van der Waals surface area contributed by atoms with Gasteiger partial charge in [0.2, 0.25) is 0 Å². The summed E-state index contributed by atoms with van der Waals surface area (Å²) in [5.74, 6) is 0.0473. The first-order chi connectivity index (χ1) is 12.1. The maximum atomic E-state index is 13.3. The van der Waals surface area contributed by atoms with Crippen LogP contribution < -0.4 is 5.32 Å². The van der Waals surface area contributed by atoms with Crippen LogP contribution in [-0.2, 0) is 12.8 Å². The zero-order chi connectivity index (χ0) is 17.8. The van der Waals surface area contributed by atoms with Crippen LogP contribution in [0.1, 0.15) is 42.5 Å². The SMILES string of the molecule is CCc1ccc2c(c1)C[C@H](CC[C@H](O)CO)[C@@H](c1ccc(F)cc1)N2. The predicted molar refractivity (Wildman–Crippen MR) is 98.1 cm³/mol. The summed E-state index contributed by atoms with van der Waals surface area (Å²) in [4.78, 5) is 0. The highest BCUT2D eigenvalue weighted by Gasteiger charge is 2.29. The van der Waals surface area contributed by atoms with Crippen LogP contribution in [0.25, 0.3) is 0 Å². The van der Waals surface area contributed by atoms with Gasteiger partial charge in [-0.15, -0.1) is 0 Å². The molecule has 0 saturated carbocycles. The summed E-state index contributed by atoms with van der Waals surface area (Å²) >= 11 is 0. The Labute approximate surface area is 148 Å². The molecule has 134 valence electrons. The molecule has 0 aliphatic carbocycles. The van der Waals surface area contributed by atoms with E-state index < -0.39 is 6.10 Å².